The number of hydrogen-bond acceptors (Lipinski definition) is 1. The third-order valence-corrected chi connectivity index (χ3v) is 3.89. The molecule has 0 saturated heterocycles. The Balaban J connectivity index is 2.29. The van der Waals surface area contributed by atoms with Gasteiger partial charge in [-0.25, -0.2) is 0 Å². The predicted molar refractivity (Wildman–Crippen MR) is 86.1 cm³/mol. The first-order valence-electron chi connectivity index (χ1n) is 6.84. The van der Waals surface area contributed by atoms with Crippen molar-refractivity contribution in [3.05, 3.63) is 108 Å². The van der Waals surface area contributed by atoms with E-state index in [1.807, 2.05) is 91.0 Å². The zero-order chi connectivity index (χ0) is 14.5. The average Bonchev–Trinajstić information content (AvgIpc) is 2.59. The molecule has 104 valence electrons. The van der Waals surface area contributed by atoms with Crippen molar-refractivity contribution in [3.8, 4) is 0 Å². The molecule has 0 heterocycles. The van der Waals surface area contributed by atoms with Crippen molar-refractivity contribution in [1.82, 2.24) is 0 Å². The van der Waals surface area contributed by atoms with E-state index in [4.69, 9.17) is 16.2 Å². The second-order valence-electron chi connectivity index (χ2n) is 4.86. The summed E-state index contributed by atoms with van der Waals surface area (Å²) in [5.41, 5.74) is 2.18. The SMILES string of the molecule is ClOC(c1ccccc1)(c1ccccc1)c1ccccc1. The third-order valence-electron chi connectivity index (χ3n) is 3.66. The molecular weight excluding hydrogens is 280 g/mol. The van der Waals surface area contributed by atoms with Gasteiger partial charge in [-0.05, 0) is 16.7 Å². The van der Waals surface area contributed by atoms with Crippen LogP contribution < -0.4 is 0 Å². The molecule has 3 rings (SSSR count). The molecule has 2 heteroatoms. The van der Waals surface area contributed by atoms with Crippen LogP contribution in [0.3, 0.4) is 0 Å². The van der Waals surface area contributed by atoms with Crippen LogP contribution in [0.25, 0.3) is 0 Å². The highest BCUT2D eigenvalue weighted by molar-refractivity contribution is 6.08. The highest BCUT2D eigenvalue weighted by Crippen LogP contribution is 2.41. The Kier molecular flexibility index (Phi) is 4.05. The van der Waals surface area contributed by atoms with Crippen molar-refractivity contribution >= 4 is 11.9 Å². The van der Waals surface area contributed by atoms with E-state index in [0.717, 1.165) is 16.7 Å². The van der Waals surface area contributed by atoms with Crippen molar-refractivity contribution < 1.29 is 4.29 Å². The number of halogens is 1. The van der Waals surface area contributed by atoms with Gasteiger partial charge in [-0.15, -0.1) is 0 Å². The number of rotatable bonds is 4. The summed E-state index contributed by atoms with van der Waals surface area (Å²) < 4.78 is 5.57. The summed E-state index contributed by atoms with van der Waals surface area (Å²) in [6, 6.07) is 30.1. The molecule has 0 aliphatic rings. The molecule has 0 spiro atoms. The summed E-state index contributed by atoms with van der Waals surface area (Å²) in [7, 11) is 0. The molecule has 0 atom stereocenters. The van der Waals surface area contributed by atoms with Crippen molar-refractivity contribution in [2.24, 2.45) is 0 Å². The lowest BCUT2D eigenvalue weighted by Crippen LogP contribution is -2.29. The summed E-state index contributed by atoms with van der Waals surface area (Å²) in [6.45, 7) is 0. The minimum atomic E-state index is -0.814. The summed E-state index contributed by atoms with van der Waals surface area (Å²) in [6.07, 6.45) is 0. The topological polar surface area (TPSA) is 9.23 Å². The van der Waals surface area contributed by atoms with Gasteiger partial charge < -0.3 is 0 Å². The third kappa shape index (κ3) is 2.46. The normalized spacial score (nSPS) is 11.3. The Morgan fingerprint density at radius 3 is 1.05 bits per heavy atom. The minimum Gasteiger partial charge on any atom is -0.258 e. The molecule has 0 N–H and O–H groups in total. The number of hydrogen-bond donors (Lipinski definition) is 0. The van der Waals surface area contributed by atoms with E-state index in [-0.39, 0.29) is 0 Å². The molecule has 1 nitrogen and oxygen atoms in total. The van der Waals surface area contributed by atoms with E-state index in [2.05, 4.69) is 0 Å². The van der Waals surface area contributed by atoms with Crippen molar-refractivity contribution in [2.45, 2.75) is 5.60 Å². The van der Waals surface area contributed by atoms with E-state index in [9.17, 15) is 0 Å². The molecule has 3 aromatic carbocycles. The lowest BCUT2D eigenvalue weighted by molar-refractivity contribution is 0.175. The maximum Gasteiger partial charge on any atom is 0.165 e. The summed E-state index contributed by atoms with van der Waals surface area (Å²) in [5.74, 6) is 0. The first-order chi connectivity index (χ1) is 10.4. The van der Waals surface area contributed by atoms with E-state index >= 15 is 0 Å². The van der Waals surface area contributed by atoms with E-state index < -0.39 is 5.60 Å². The van der Waals surface area contributed by atoms with Crippen LogP contribution in [0.5, 0.6) is 0 Å². The quantitative estimate of drug-likeness (QED) is 0.605. The van der Waals surface area contributed by atoms with Gasteiger partial charge in [-0.1, -0.05) is 91.0 Å². The lowest BCUT2D eigenvalue weighted by atomic mass is 9.80. The van der Waals surface area contributed by atoms with Gasteiger partial charge in [0, 0.05) is 0 Å². The maximum atomic E-state index is 6.03. The van der Waals surface area contributed by atoms with Gasteiger partial charge in [-0.2, -0.15) is 0 Å². The second-order valence-corrected chi connectivity index (χ2v) is 5.01. The Morgan fingerprint density at radius 2 is 0.810 bits per heavy atom. The molecule has 0 unspecified atom stereocenters. The minimum absolute atomic E-state index is 0.814. The first-order valence-corrected chi connectivity index (χ1v) is 7.15. The van der Waals surface area contributed by atoms with Crippen LogP contribution in [0.4, 0.5) is 0 Å². The lowest BCUT2D eigenvalue weighted by Gasteiger charge is -2.32. The zero-order valence-corrected chi connectivity index (χ0v) is 12.2. The fourth-order valence-corrected chi connectivity index (χ4v) is 2.92. The molecule has 0 aromatic heterocycles. The molecule has 0 fully saturated rings. The van der Waals surface area contributed by atoms with E-state index in [1.165, 1.54) is 0 Å². The summed E-state index contributed by atoms with van der Waals surface area (Å²) in [5, 5.41) is 0. The standard InChI is InChI=1S/C19H15ClO/c20-21-19(16-10-4-1-5-11-16,17-12-6-2-7-13-17)18-14-8-3-9-15-18/h1-15H. The van der Waals surface area contributed by atoms with Crippen LogP contribution in [-0.4, -0.2) is 0 Å². The van der Waals surface area contributed by atoms with Gasteiger partial charge >= 0.3 is 0 Å². The number of benzene rings is 3. The fourth-order valence-electron chi connectivity index (χ4n) is 2.65. The van der Waals surface area contributed by atoms with Gasteiger partial charge in [0.15, 0.2) is 5.60 Å². The van der Waals surface area contributed by atoms with Gasteiger partial charge in [0.25, 0.3) is 0 Å². The Hall–Kier alpha value is -2.09. The van der Waals surface area contributed by atoms with Gasteiger partial charge in [0.05, 0.1) is 11.9 Å². The largest absolute Gasteiger partial charge is 0.258 e. The molecule has 21 heavy (non-hydrogen) atoms. The van der Waals surface area contributed by atoms with Crippen LogP contribution in [0.1, 0.15) is 16.7 Å². The molecule has 0 saturated carbocycles. The Labute approximate surface area is 129 Å². The van der Waals surface area contributed by atoms with Crippen LogP contribution in [0.2, 0.25) is 0 Å². The molecule has 0 aliphatic heterocycles. The molecule has 0 aliphatic carbocycles. The van der Waals surface area contributed by atoms with Gasteiger partial charge in [-0.3, -0.25) is 4.29 Å². The van der Waals surface area contributed by atoms with Crippen LogP contribution in [-0.2, 0) is 9.89 Å². The highest BCUT2D eigenvalue weighted by Gasteiger charge is 2.37. The van der Waals surface area contributed by atoms with Crippen LogP contribution in [0.15, 0.2) is 91.0 Å². The predicted octanol–water partition coefficient (Wildman–Crippen LogP) is 5.15. The zero-order valence-electron chi connectivity index (χ0n) is 11.4. The van der Waals surface area contributed by atoms with Gasteiger partial charge in [0.2, 0.25) is 0 Å². The Bertz CT molecular complexity index is 584. The van der Waals surface area contributed by atoms with Gasteiger partial charge in [0.1, 0.15) is 0 Å². The Morgan fingerprint density at radius 1 is 0.524 bits per heavy atom. The summed E-state index contributed by atoms with van der Waals surface area (Å²) in [4.78, 5) is 0. The molecular formula is C19H15ClO. The molecule has 0 bridgehead atoms. The molecule has 3 aromatic rings. The highest BCUT2D eigenvalue weighted by atomic mass is 35.5. The average molecular weight is 295 g/mol. The fraction of sp³-hybridized carbons (Fsp3) is 0.0526. The van der Waals surface area contributed by atoms with E-state index in [0.29, 0.717) is 0 Å². The van der Waals surface area contributed by atoms with Crippen molar-refractivity contribution in [2.75, 3.05) is 0 Å². The van der Waals surface area contributed by atoms with Crippen molar-refractivity contribution in [3.63, 3.8) is 0 Å². The monoisotopic (exact) mass is 294 g/mol. The maximum absolute atomic E-state index is 6.03. The van der Waals surface area contributed by atoms with Crippen LogP contribution in [0, 0.1) is 0 Å². The first kappa shape index (κ1) is 13.9. The summed E-state index contributed by atoms with van der Waals surface area (Å²) >= 11 is 6.03. The molecule has 0 amide bonds. The van der Waals surface area contributed by atoms with Crippen molar-refractivity contribution in [1.29, 1.82) is 0 Å². The second kappa shape index (κ2) is 6.13. The smallest absolute Gasteiger partial charge is 0.165 e. The van der Waals surface area contributed by atoms with Crippen LogP contribution >= 0.6 is 11.9 Å². The molecule has 0 radical (unpaired) electrons. The van der Waals surface area contributed by atoms with E-state index in [1.54, 1.807) is 0 Å².